The van der Waals surface area contributed by atoms with Crippen molar-refractivity contribution in [2.45, 2.75) is 47.1 Å². The maximum Gasteiger partial charge on any atom is 0.151 e. The zero-order chi connectivity index (χ0) is 11.9. The van der Waals surface area contributed by atoms with Gasteiger partial charge in [0, 0.05) is 23.5 Å². The molecule has 0 N–H and O–H groups in total. The van der Waals surface area contributed by atoms with Crippen LogP contribution in [0.15, 0.2) is 6.07 Å². The minimum Gasteiger partial charge on any atom is -0.348 e. The number of hydrogen-bond acceptors (Lipinski definition) is 1. The van der Waals surface area contributed by atoms with Crippen LogP contribution >= 0.6 is 0 Å². The molecule has 1 fully saturated rings. The number of aryl methyl sites for hydroxylation is 1. The Labute approximate surface area is 97.7 Å². The maximum absolute atomic E-state index is 10.9. The van der Waals surface area contributed by atoms with Crippen LogP contribution in [0.1, 0.15) is 48.4 Å². The van der Waals surface area contributed by atoms with Gasteiger partial charge in [0.25, 0.3) is 0 Å². The first-order chi connectivity index (χ1) is 7.50. The van der Waals surface area contributed by atoms with E-state index in [1.165, 1.54) is 18.5 Å². The minimum absolute atomic E-state index is 0.495. The van der Waals surface area contributed by atoms with Crippen LogP contribution in [0, 0.1) is 25.2 Å². The van der Waals surface area contributed by atoms with Crippen molar-refractivity contribution in [3.63, 3.8) is 0 Å². The lowest BCUT2D eigenvalue weighted by atomic mass is 9.92. The zero-order valence-electron chi connectivity index (χ0n) is 10.7. The summed E-state index contributed by atoms with van der Waals surface area (Å²) >= 11 is 0. The third-order valence-corrected chi connectivity index (χ3v) is 4.33. The lowest BCUT2D eigenvalue weighted by Gasteiger charge is -2.22. The van der Waals surface area contributed by atoms with Crippen LogP contribution in [-0.2, 0) is 6.54 Å². The fraction of sp³-hybridized carbons (Fsp3) is 0.643. The molecule has 1 aromatic rings. The SMILES string of the molecule is Cc1cc(C=O)c(C)n1CC1(C(C)C)CC1. The summed E-state index contributed by atoms with van der Waals surface area (Å²) in [5.41, 5.74) is 3.68. The number of aldehydes is 1. The molecule has 1 saturated carbocycles. The molecule has 0 bridgehead atoms. The van der Waals surface area contributed by atoms with E-state index in [-0.39, 0.29) is 0 Å². The average molecular weight is 219 g/mol. The molecule has 2 heteroatoms. The van der Waals surface area contributed by atoms with Crippen LogP contribution < -0.4 is 0 Å². The van der Waals surface area contributed by atoms with E-state index in [4.69, 9.17) is 0 Å². The summed E-state index contributed by atoms with van der Waals surface area (Å²) < 4.78 is 2.32. The molecule has 16 heavy (non-hydrogen) atoms. The van der Waals surface area contributed by atoms with Crippen molar-refractivity contribution in [1.82, 2.24) is 4.57 Å². The number of carbonyl (C=O) groups is 1. The molecule has 0 aliphatic heterocycles. The normalized spacial score (nSPS) is 17.8. The Hall–Kier alpha value is -1.05. The third kappa shape index (κ3) is 1.70. The van der Waals surface area contributed by atoms with Crippen LogP contribution in [-0.4, -0.2) is 10.9 Å². The van der Waals surface area contributed by atoms with Gasteiger partial charge in [-0.15, -0.1) is 0 Å². The van der Waals surface area contributed by atoms with Crippen molar-refractivity contribution in [3.05, 3.63) is 23.0 Å². The summed E-state index contributed by atoms with van der Waals surface area (Å²) in [5.74, 6) is 0.730. The van der Waals surface area contributed by atoms with Crippen molar-refractivity contribution in [1.29, 1.82) is 0 Å². The Balaban J connectivity index is 2.28. The number of aromatic nitrogens is 1. The summed E-state index contributed by atoms with van der Waals surface area (Å²) in [7, 11) is 0. The van der Waals surface area contributed by atoms with Crippen LogP contribution in [0.25, 0.3) is 0 Å². The molecule has 2 nitrogen and oxygen atoms in total. The first kappa shape index (κ1) is 11.4. The Morgan fingerprint density at radius 1 is 1.44 bits per heavy atom. The molecule has 1 heterocycles. The van der Waals surface area contributed by atoms with Gasteiger partial charge in [0.1, 0.15) is 0 Å². The Morgan fingerprint density at radius 2 is 2.06 bits per heavy atom. The first-order valence-electron chi connectivity index (χ1n) is 6.12. The van der Waals surface area contributed by atoms with E-state index in [2.05, 4.69) is 25.3 Å². The quantitative estimate of drug-likeness (QED) is 0.712. The summed E-state index contributed by atoms with van der Waals surface area (Å²) in [5, 5.41) is 0. The fourth-order valence-corrected chi connectivity index (χ4v) is 2.58. The summed E-state index contributed by atoms with van der Waals surface area (Å²) in [4.78, 5) is 10.9. The van der Waals surface area contributed by atoms with Gasteiger partial charge in [0.05, 0.1) is 0 Å². The second kappa shape index (κ2) is 3.76. The number of rotatable bonds is 4. The van der Waals surface area contributed by atoms with Crippen LogP contribution in [0.3, 0.4) is 0 Å². The van der Waals surface area contributed by atoms with Gasteiger partial charge in [-0.05, 0) is 44.1 Å². The van der Waals surface area contributed by atoms with Gasteiger partial charge in [0.15, 0.2) is 6.29 Å². The van der Waals surface area contributed by atoms with Gasteiger partial charge in [-0.3, -0.25) is 4.79 Å². The standard InChI is InChI=1S/C14H21NO/c1-10(2)14(5-6-14)9-15-11(3)7-13(8-16)12(15)4/h7-8,10H,5-6,9H2,1-4H3. The third-order valence-electron chi connectivity index (χ3n) is 4.33. The van der Waals surface area contributed by atoms with E-state index in [0.717, 1.165) is 30.0 Å². The average Bonchev–Trinajstić information content (AvgIpc) is 2.97. The van der Waals surface area contributed by atoms with Crippen molar-refractivity contribution >= 4 is 6.29 Å². The Bertz CT molecular complexity index is 411. The van der Waals surface area contributed by atoms with Crippen molar-refractivity contribution in [2.75, 3.05) is 0 Å². The molecule has 2 rings (SSSR count). The second-order valence-electron chi connectivity index (χ2n) is 5.55. The number of nitrogens with zero attached hydrogens (tertiary/aromatic N) is 1. The molecule has 0 aromatic carbocycles. The highest BCUT2D eigenvalue weighted by atomic mass is 16.1. The van der Waals surface area contributed by atoms with E-state index in [9.17, 15) is 4.79 Å². The molecule has 0 unspecified atom stereocenters. The zero-order valence-corrected chi connectivity index (χ0v) is 10.7. The van der Waals surface area contributed by atoms with Gasteiger partial charge < -0.3 is 4.57 Å². The molecule has 0 spiro atoms. The topological polar surface area (TPSA) is 22.0 Å². The predicted molar refractivity (Wildman–Crippen MR) is 65.8 cm³/mol. The van der Waals surface area contributed by atoms with Crippen molar-refractivity contribution < 1.29 is 4.79 Å². The van der Waals surface area contributed by atoms with Gasteiger partial charge >= 0.3 is 0 Å². The molecule has 1 aliphatic rings. The smallest absolute Gasteiger partial charge is 0.151 e. The highest BCUT2D eigenvalue weighted by molar-refractivity contribution is 5.77. The van der Waals surface area contributed by atoms with Crippen LogP contribution in [0.2, 0.25) is 0 Å². The van der Waals surface area contributed by atoms with Crippen LogP contribution in [0.5, 0.6) is 0 Å². The predicted octanol–water partition coefficient (Wildman–Crippen LogP) is 3.35. The van der Waals surface area contributed by atoms with Crippen molar-refractivity contribution in [2.24, 2.45) is 11.3 Å². The molecular formula is C14H21NO. The minimum atomic E-state index is 0.495. The molecule has 0 atom stereocenters. The molecule has 88 valence electrons. The van der Waals surface area contributed by atoms with E-state index < -0.39 is 0 Å². The Kier molecular flexibility index (Phi) is 2.69. The number of hydrogen-bond donors (Lipinski definition) is 0. The highest BCUT2D eigenvalue weighted by Gasteiger charge is 2.45. The summed E-state index contributed by atoms with van der Waals surface area (Å²) in [6.07, 6.45) is 3.63. The molecular weight excluding hydrogens is 198 g/mol. The summed E-state index contributed by atoms with van der Waals surface area (Å²) in [6.45, 7) is 9.84. The van der Waals surface area contributed by atoms with Crippen LogP contribution in [0.4, 0.5) is 0 Å². The van der Waals surface area contributed by atoms with Gasteiger partial charge in [-0.2, -0.15) is 0 Å². The first-order valence-corrected chi connectivity index (χ1v) is 6.12. The molecule has 0 amide bonds. The van der Waals surface area contributed by atoms with Gasteiger partial charge in [0.2, 0.25) is 0 Å². The Morgan fingerprint density at radius 3 is 2.44 bits per heavy atom. The largest absolute Gasteiger partial charge is 0.348 e. The number of carbonyl (C=O) groups excluding carboxylic acids is 1. The molecule has 0 saturated heterocycles. The molecule has 1 aromatic heterocycles. The second-order valence-corrected chi connectivity index (χ2v) is 5.55. The lowest BCUT2D eigenvalue weighted by molar-refractivity contribution is 0.112. The van der Waals surface area contributed by atoms with Gasteiger partial charge in [-0.25, -0.2) is 0 Å². The molecule has 1 aliphatic carbocycles. The van der Waals surface area contributed by atoms with Crippen molar-refractivity contribution in [3.8, 4) is 0 Å². The van der Waals surface area contributed by atoms with Gasteiger partial charge in [-0.1, -0.05) is 13.8 Å². The lowest BCUT2D eigenvalue weighted by Crippen LogP contribution is -2.19. The highest BCUT2D eigenvalue weighted by Crippen LogP contribution is 2.53. The summed E-state index contributed by atoms with van der Waals surface area (Å²) in [6, 6.07) is 2.00. The monoisotopic (exact) mass is 219 g/mol. The fourth-order valence-electron chi connectivity index (χ4n) is 2.58. The van der Waals surface area contributed by atoms with E-state index in [1.807, 2.05) is 13.0 Å². The van der Waals surface area contributed by atoms with E-state index in [0.29, 0.717) is 5.41 Å². The maximum atomic E-state index is 10.9. The van der Waals surface area contributed by atoms with E-state index in [1.54, 1.807) is 0 Å². The van der Waals surface area contributed by atoms with E-state index >= 15 is 0 Å². The molecule has 0 radical (unpaired) electrons.